The predicted octanol–water partition coefficient (Wildman–Crippen LogP) is 2.15. The summed E-state index contributed by atoms with van der Waals surface area (Å²) in [5, 5.41) is 14.6. The Hall–Kier alpha value is -3.43. The van der Waals surface area contributed by atoms with Crippen molar-refractivity contribution in [2.24, 2.45) is 11.8 Å². The van der Waals surface area contributed by atoms with Gasteiger partial charge in [-0.3, -0.25) is 9.59 Å². The minimum absolute atomic E-state index is 0.0480. The van der Waals surface area contributed by atoms with E-state index < -0.39 is 29.9 Å². The van der Waals surface area contributed by atoms with E-state index in [4.69, 9.17) is 19.3 Å². The van der Waals surface area contributed by atoms with Gasteiger partial charge in [0, 0.05) is 12.5 Å². The Morgan fingerprint density at radius 2 is 1.66 bits per heavy atom. The van der Waals surface area contributed by atoms with Crippen molar-refractivity contribution in [2.75, 3.05) is 33.0 Å². The molecule has 35 heavy (non-hydrogen) atoms. The zero-order valence-electron chi connectivity index (χ0n) is 19.1. The summed E-state index contributed by atoms with van der Waals surface area (Å²) in [6, 6.07) is 15.7. The molecule has 0 saturated carbocycles. The molecule has 9 heteroatoms. The van der Waals surface area contributed by atoms with Crippen LogP contribution < -0.4 is 10.6 Å². The molecule has 2 amide bonds. The van der Waals surface area contributed by atoms with E-state index in [1.54, 1.807) is 0 Å². The lowest BCUT2D eigenvalue weighted by atomic mass is 9.98. The summed E-state index contributed by atoms with van der Waals surface area (Å²) in [6.07, 6.45) is -0.572. The van der Waals surface area contributed by atoms with Crippen molar-refractivity contribution in [3.63, 3.8) is 0 Å². The highest BCUT2D eigenvalue weighted by molar-refractivity contribution is 5.81. The third kappa shape index (κ3) is 4.87. The number of hydrogen-bond acceptors (Lipinski definition) is 6. The van der Waals surface area contributed by atoms with Crippen molar-refractivity contribution >= 4 is 18.0 Å². The second kappa shape index (κ2) is 10.1. The molecule has 9 nitrogen and oxygen atoms in total. The molecule has 3 aliphatic rings. The summed E-state index contributed by atoms with van der Waals surface area (Å²) in [6.45, 7) is 0.950. The first kappa shape index (κ1) is 23.3. The second-order valence-corrected chi connectivity index (χ2v) is 9.19. The van der Waals surface area contributed by atoms with Crippen molar-refractivity contribution in [3.05, 3.63) is 59.7 Å². The monoisotopic (exact) mass is 480 g/mol. The van der Waals surface area contributed by atoms with Gasteiger partial charge in [0.1, 0.15) is 6.61 Å². The smallest absolute Gasteiger partial charge is 0.407 e. The maximum Gasteiger partial charge on any atom is 0.407 e. The van der Waals surface area contributed by atoms with E-state index >= 15 is 0 Å². The van der Waals surface area contributed by atoms with Crippen LogP contribution in [0.3, 0.4) is 0 Å². The maximum absolute atomic E-state index is 12.7. The molecule has 2 fully saturated rings. The normalized spacial score (nSPS) is 25.0. The molecule has 1 aliphatic carbocycles. The number of amides is 2. The van der Waals surface area contributed by atoms with Gasteiger partial charge in [-0.25, -0.2) is 4.79 Å². The lowest BCUT2D eigenvalue weighted by molar-refractivity contribution is -0.141. The third-order valence-electron chi connectivity index (χ3n) is 7.00. The molecule has 3 N–H and O–H groups in total. The van der Waals surface area contributed by atoms with Crippen LogP contribution in [0, 0.1) is 11.8 Å². The van der Waals surface area contributed by atoms with Gasteiger partial charge in [0.25, 0.3) is 0 Å². The van der Waals surface area contributed by atoms with E-state index in [0.717, 1.165) is 22.3 Å². The fourth-order valence-electron chi connectivity index (χ4n) is 5.11. The van der Waals surface area contributed by atoms with Crippen LogP contribution in [0.4, 0.5) is 4.79 Å². The van der Waals surface area contributed by atoms with Crippen LogP contribution in [0.2, 0.25) is 0 Å². The number of carboxylic acids is 1. The van der Waals surface area contributed by atoms with Crippen LogP contribution in [0.1, 0.15) is 23.5 Å². The molecule has 5 rings (SSSR count). The van der Waals surface area contributed by atoms with Crippen LogP contribution in [0.5, 0.6) is 0 Å². The minimum Gasteiger partial charge on any atom is -0.481 e. The summed E-state index contributed by atoms with van der Waals surface area (Å²) in [5.74, 6) is -2.32. The average Bonchev–Trinajstić information content (AvgIpc) is 3.59. The molecule has 2 saturated heterocycles. The number of nitrogens with one attached hydrogen (secondary N) is 2. The summed E-state index contributed by atoms with van der Waals surface area (Å²) in [4.78, 5) is 36.4. The molecule has 0 aromatic heterocycles. The molecular weight excluding hydrogens is 452 g/mol. The van der Waals surface area contributed by atoms with Crippen LogP contribution in [0.25, 0.3) is 11.1 Å². The molecule has 2 heterocycles. The highest BCUT2D eigenvalue weighted by Gasteiger charge is 2.37. The number of carbonyl (C=O) groups is 3. The number of rotatable bonds is 7. The van der Waals surface area contributed by atoms with Crippen molar-refractivity contribution in [3.8, 4) is 11.1 Å². The number of benzene rings is 2. The van der Waals surface area contributed by atoms with Crippen molar-refractivity contribution in [1.29, 1.82) is 0 Å². The Kier molecular flexibility index (Phi) is 6.70. The number of carboxylic acid groups (broad SMARTS) is 1. The molecule has 0 spiro atoms. The molecule has 4 atom stereocenters. The molecule has 2 aliphatic heterocycles. The second-order valence-electron chi connectivity index (χ2n) is 9.19. The molecular formula is C26H28N2O7. The lowest BCUT2D eigenvalue weighted by Gasteiger charge is -2.20. The average molecular weight is 481 g/mol. The molecule has 0 radical (unpaired) electrons. The van der Waals surface area contributed by atoms with E-state index in [2.05, 4.69) is 34.9 Å². The quantitative estimate of drug-likeness (QED) is 0.555. The highest BCUT2D eigenvalue weighted by Crippen LogP contribution is 2.44. The molecule has 184 valence electrons. The van der Waals surface area contributed by atoms with E-state index in [9.17, 15) is 14.4 Å². The molecule has 0 bridgehead atoms. The van der Waals surface area contributed by atoms with E-state index in [-0.39, 0.29) is 50.9 Å². The standard InChI is InChI=1S/C26H28N2O7/c29-24(27-10-16-9-15(11-34-16)25(30)31)22-12-33-14-23(22)28-26(32)35-13-21-19-7-3-1-5-17(19)18-6-2-4-8-20(18)21/h1-8,15-16,21-23H,9-14H2,(H,27,29)(H,28,32)(H,30,31)/t15-,16-,22?,23?/m0/s1. The number of alkyl carbamates (subject to hydrolysis) is 1. The first-order chi connectivity index (χ1) is 17.0. The van der Waals surface area contributed by atoms with E-state index in [1.165, 1.54) is 0 Å². The Morgan fingerprint density at radius 3 is 2.31 bits per heavy atom. The summed E-state index contributed by atoms with van der Waals surface area (Å²) in [7, 11) is 0. The number of fused-ring (bicyclic) bond motifs is 3. The summed E-state index contributed by atoms with van der Waals surface area (Å²) < 4.78 is 16.5. The predicted molar refractivity (Wildman–Crippen MR) is 125 cm³/mol. The number of aliphatic carboxylic acids is 1. The van der Waals surface area contributed by atoms with E-state index in [1.807, 2.05) is 24.3 Å². The van der Waals surface area contributed by atoms with Gasteiger partial charge in [-0.05, 0) is 28.7 Å². The number of ether oxygens (including phenoxy) is 3. The maximum atomic E-state index is 12.7. The van der Waals surface area contributed by atoms with Crippen molar-refractivity contribution in [1.82, 2.24) is 10.6 Å². The fraction of sp³-hybridized carbons (Fsp3) is 0.423. The van der Waals surface area contributed by atoms with Crippen molar-refractivity contribution in [2.45, 2.75) is 24.5 Å². The topological polar surface area (TPSA) is 123 Å². The Morgan fingerprint density at radius 1 is 0.971 bits per heavy atom. The van der Waals surface area contributed by atoms with Gasteiger partial charge in [-0.1, -0.05) is 48.5 Å². The van der Waals surface area contributed by atoms with Gasteiger partial charge in [-0.2, -0.15) is 0 Å². The van der Waals surface area contributed by atoms with Crippen LogP contribution in [-0.2, 0) is 23.8 Å². The zero-order valence-corrected chi connectivity index (χ0v) is 19.1. The zero-order chi connectivity index (χ0) is 24.4. The highest BCUT2D eigenvalue weighted by atomic mass is 16.5. The molecule has 2 aromatic carbocycles. The van der Waals surface area contributed by atoms with Gasteiger partial charge in [-0.15, -0.1) is 0 Å². The molecule has 2 unspecified atom stereocenters. The van der Waals surface area contributed by atoms with Crippen LogP contribution in [-0.4, -0.2) is 68.2 Å². The van der Waals surface area contributed by atoms with Crippen LogP contribution in [0.15, 0.2) is 48.5 Å². The van der Waals surface area contributed by atoms with Crippen LogP contribution >= 0.6 is 0 Å². The van der Waals surface area contributed by atoms with Gasteiger partial charge < -0.3 is 30.0 Å². The summed E-state index contributed by atoms with van der Waals surface area (Å²) in [5.41, 5.74) is 4.56. The fourth-order valence-corrected chi connectivity index (χ4v) is 5.11. The van der Waals surface area contributed by atoms with Gasteiger partial charge >= 0.3 is 12.1 Å². The summed E-state index contributed by atoms with van der Waals surface area (Å²) >= 11 is 0. The van der Waals surface area contributed by atoms with Gasteiger partial charge in [0.2, 0.25) is 5.91 Å². The Balaban J connectivity index is 1.13. The lowest BCUT2D eigenvalue weighted by Crippen LogP contribution is -2.47. The van der Waals surface area contributed by atoms with Gasteiger partial charge in [0.05, 0.1) is 43.8 Å². The minimum atomic E-state index is -0.893. The number of carbonyl (C=O) groups excluding carboxylic acids is 2. The number of hydrogen-bond donors (Lipinski definition) is 3. The largest absolute Gasteiger partial charge is 0.481 e. The van der Waals surface area contributed by atoms with Crippen molar-refractivity contribution < 1.29 is 33.7 Å². The SMILES string of the molecule is O=C(NC1COCC1C(=O)NC[C@@H]1C[C@H](C(=O)O)CO1)OCC1c2ccccc2-c2ccccc21. The molecule has 2 aromatic rings. The first-order valence-electron chi connectivity index (χ1n) is 11.8. The van der Waals surface area contributed by atoms with Gasteiger partial charge in [0.15, 0.2) is 0 Å². The Bertz CT molecular complexity index is 1070. The third-order valence-corrected chi connectivity index (χ3v) is 7.00. The first-order valence-corrected chi connectivity index (χ1v) is 11.8. The Labute approximate surface area is 202 Å². The van der Waals surface area contributed by atoms with E-state index in [0.29, 0.717) is 6.42 Å².